The van der Waals surface area contributed by atoms with E-state index in [0.717, 1.165) is 11.3 Å². The maximum Gasteiger partial charge on any atom is 0.247 e. The van der Waals surface area contributed by atoms with E-state index in [4.69, 9.17) is 16.7 Å². The molecule has 0 aliphatic heterocycles. The van der Waals surface area contributed by atoms with E-state index in [1.165, 1.54) is 0 Å². The Morgan fingerprint density at radius 2 is 2.30 bits per heavy atom. The van der Waals surface area contributed by atoms with Gasteiger partial charge in [-0.15, -0.1) is 0 Å². The van der Waals surface area contributed by atoms with Crippen LogP contribution < -0.4 is 5.32 Å². The van der Waals surface area contributed by atoms with Crippen molar-refractivity contribution in [2.45, 2.75) is 19.4 Å². The number of halogens is 1. The molecule has 0 aromatic heterocycles. The first kappa shape index (κ1) is 17.1. The highest BCUT2D eigenvalue weighted by molar-refractivity contribution is 7.98. The summed E-state index contributed by atoms with van der Waals surface area (Å²) in [5, 5.41) is 12.6. The molecule has 0 heterocycles. The van der Waals surface area contributed by atoms with Gasteiger partial charge in [0, 0.05) is 29.0 Å². The summed E-state index contributed by atoms with van der Waals surface area (Å²) in [7, 11) is 0. The van der Waals surface area contributed by atoms with E-state index in [9.17, 15) is 4.79 Å². The second kappa shape index (κ2) is 9.06. The topological polar surface area (TPSA) is 49.3 Å². The lowest BCUT2D eigenvalue weighted by Gasteiger charge is -2.16. The van der Waals surface area contributed by atoms with Gasteiger partial charge in [0.15, 0.2) is 0 Å². The summed E-state index contributed by atoms with van der Waals surface area (Å²) in [6.45, 7) is 1.84. The molecule has 0 spiro atoms. The Hall–Kier alpha value is -0.970. The predicted octanol–water partition coefficient (Wildman–Crippen LogP) is 2.97. The highest BCUT2D eigenvalue weighted by Crippen LogP contribution is 2.14. The lowest BCUT2D eigenvalue weighted by molar-refractivity contribution is -0.118. The summed E-state index contributed by atoms with van der Waals surface area (Å²) in [6.07, 6.45) is 4.35. The molecule has 0 saturated carbocycles. The fraction of sp³-hybridized carbons (Fsp3) is 0.400. The minimum atomic E-state index is -0.113. The summed E-state index contributed by atoms with van der Waals surface area (Å²) >= 11 is 7.56. The zero-order chi connectivity index (χ0) is 15.0. The van der Waals surface area contributed by atoms with Gasteiger partial charge >= 0.3 is 0 Å². The van der Waals surface area contributed by atoms with Crippen molar-refractivity contribution in [3.63, 3.8) is 0 Å². The van der Waals surface area contributed by atoms with Gasteiger partial charge in [-0.05, 0) is 43.4 Å². The first-order valence-corrected chi connectivity index (χ1v) is 8.18. The lowest BCUT2D eigenvalue weighted by atomic mass is 10.1. The minimum absolute atomic E-state index is 0.00906. The number of hydrogen-bond acceptors (Lipinski definition) is 3. The monoisotopic (exact) mass is 313 g/mol. The van der Waals surface area contributed by atoms with Gasteiger partial charge in [0.05, 0.1) is 0 Å². The average Bonchev–Trinajstić information content (AvgIpc) is 2.39. The van der Waals surface area contributed by atoms with Crippen LogP contribution in [0.3, 0.4) is 0 Å². The Morgan fingerprint density at radius 3 is 2.90 bits per heavy atom. The molecule has 1 amide bonds. The van der Waals surface area contributed by atoms with Crippen molar-refractivity contribution >= 4 is 35.3 Å². The molecule has 0 saturated heterocycles. The molecule has 1 atom stereocenters. The third-order valence-electron chi connectivity index (χ3n) is 2.77. The molecule has 1 unspecified atom stereocenters. The van der Waals surface area contributed by atoms with E-state index < -0.39 is 0 Å². The van der Waals surface area contributed by atoms with Crippen molar-refractivity contribution in [1.82, 2.24) is 5.32 Å². The number of rotatable bonds is 7. The van der Waals surface area contributed by atoms with Crippen LogP contribution in [-0.2, 0) is 4.79 Å². The van der Waals surface area contributed by atoms with E-state index in [1.54, 1.807) is 30.8 Å². The Balaban J connectivity index is 2.70. The number of carbonyl (C=O) groups is 1. The molecule has 0 aliphatic carbocycles. The van der Waals surface area contributed by atoms with Crippen LogP contribution in [0.4, 0.5) is 0 Å². The fourth-order valence-electron chi connectivity index (χ4n) is 1.77. The molecular weight excluding hydrogens is 294 g/mol. The van der Waals surface area contributed by atoms with Crippen molar-refractivity contribution in [2.24, 2.45) is 0 Å². The summed E-state index contributed by atoms with van der Waals surface area (Å²) < 4.78 is 0. The van der Waals surface area contributed by atoms with Gasteiger partial charge in [-0.2, -0.15) is 11.8 Å². The van der Waals surface area contributed by atoms with Crippen LogP contribution in [0.1, 0.15) is 18.9 Å². The van der Waals surface area contributed by atoms with Crippen molar-refractivity contribution in [1.29, 1.82) is 0 Å². The zero-order valence-electron chi connectivity index (χ0n) is 11.7. The molecule has 0 bridgehead atoms. The zero-order valence-corrected chi connectivity index (χ0v) is 13.3. The highest BCUT2D eigenvalue weighted by atomic mass is 35.5. The Labute approximate surface area is 129 Å². The van der Waals surface area contributed by atoms with Gasteiger partial charge < -0.3 is 10.4 Å². The molecule has 0 aliphatic rings. The van der Waals surface area contributed by atoms with Gasteiger partial charge in [-0.1, -0.05) is 23.7 Å². The Kier molecular flexibility index (Phi) is 7.73. The quantitative estimate of drug-likeness (QED) is 0.761. The van der Waals surface area contributed by atoms with Crippen LogP contribution in [0.25, 0.3) is 6.08 Å². The van der Waals surface area contributed by atoms with Crippen molar-refractivity contribution in [3.05, 3.63) is 40.4 Å². The van der Waals surface area contributed by atoms with Gasteiger partial charge in [0.25, 0.3) is 0 Å². The largest absolute Gasteiger partial charge is 0.396 e. The SMILES string of the molecule is CSCC(CCO)NC(=O)/C(C)=C/c1cccc(Cl)c1. The molecule has 5 heteroatoms. The number of benzene rings is 1. The Bertz CT molecular complexity index is 471. The molecular formula is C15H20ClNO2S. The summed E-state index contributed by atoms with van der Waals surface area (Å²) in [4.78, 5) is 12.1. The van der Waals surface area contributed by atoms with Gasteiger partial charge in [0.2, 0.25) is 5.91 Å². The van der Waals surface area contributed by atoms with Crippen LogP contribution in [0, 0.1) is 0 Å². The molecule has 3 nitrogen and oxygen atoms in total. The number of hydrogen-bond donors (Lipinski definition) is 2. The number of amides is 1. The van der Waals surface area contributed by atoms with Crippen LogP contribution in [0.5, 0.6) is 0 Å². The minimum Gasteiger partial charge on any atom is -0.396 e. The smallest absolute Gasteiger partial charge is 0.247 e. The number of aliphatic hydroxyl groups excluding tert-OH is 1. The summed E-state index contributed by atoms with van der Waals surface area (Å²) in [6, 6.07) is 7.34. The average molecular weight is 314 g/mol. The second-order valence-electron chi connectivity index (χ2n) is 4.52. The van der Waals surface area contributed by atoms with Crippen LogP contribution in [-0.4, -0.2) is 35.7 Å². The highest BCUT2D eigenvalue weighted by Gasteiger charge is 2.12. The van der Waals surface area contributed by atoms with Gasteiger partial charge in [-0.25, -0.2) is 0 Å². The second-order valence-corrected chi connectivity index (χ2v) is 5.87. The van der Waals surface area contributed by atoms with Crippen LogP contribution >= 0.6 is 23.4 Å². The molecule has 0 radical (unpaired) electrons. The standard InChI is InChI=1S/C15H20ClNO2S/c1-11(8-12-4-3-5-13(16)9-12)15(19)17-14(6-7-18)10-20-2/h3-5,8-9,14,18H,6-7,10H2,1-2H3,(H,17,19)/b11-8+. The third-order valence-corrected chi connectivity index (χ3v) is 3.74. The van der Waals surface area contributed by atoms with E-state index >= 15 is 0 Å². The Morgan fingerprint density at radius 1 is 1.55 bits per heavy atom. The maximum absolute atomic E-state index is 12.1. The van der Waals surface area contributed by atoms with Crippen molar-refractivity contribution < 1.29 is 9.90 Å². The molecule has 1 aromatic rings. The van der Waals surface area contributed by atoms with Crippen LogP contribution in [0.2, 0.25) is 5.02 Å². The first-order valence-electron chi connectivity index (χ1n) is 6.41. The third kappa shape index (κ3) is 5.99. The number of aliphatic hydroxyl groups is 1. The molecule has 0 fully saturated rings. The first-order chi connectivity index (χ1) is 9.56. The number of carbonyl (C=O) groups excluding carboxylic acids is 1. The summed E-state index contributed by atoms with van der Waals surface area (Å²) in [5.41, 5.74) is 1.52. The van der Waals surface area contributed by atoms with E-state index in [0.29, 0.717) is 17.0 Å². The van der Waals surface area contributed by atoms with Gasteiger partial charge in [-0.3, -0.25) is 4.79 Å². The van der Waals surface area contributed by atoms with Crippen LogP contribution in [0.15, 0.2) is 29.8 Å². The molecule has 1 rings (SSSR count). The predicted molar refractivity (Wildman–Crippen MR) is 87.1 cm³/mol. The van der Waals surface area contributed by atoms with E-state index in [-0.39, 0.29) is 18.6 Å². The molecule has 20 heavy (non-hydrogen) atoms. The van der Waals surface area contributed by atoms with Crippen molar-refractivity contribution in [3.8, 4) is 0 Å². The lowest BCUT2D eigenvalue weighted by Crippen LogP contribution is -2.37. The summed E-state index contributed by atoms with van der Waals surface area (Å²) in [5.74, 6) is 0.675. The van der Waals surface area contributed by atoms with Crippen molar-refractivity contribution in [2.75, 3.05) is 18.6 Å². The normalized spacial score (nSPS) is 13.1. The van der Waals surface area contributed by atoms with E-state index in [2.05, 4.69) is 5.32 Å². The van der Waals surface area contributed by atoms with Gasteiger partial charge in [0.1, 0.15) is 0 Å². The molecule has 1 aromatic carbocycles. The number of nitrogens with one attached hydrogen (secondary N) is 1. The maximum atomic E-state index is 12.1. The fourth-order valence-corrected chi connectivity index (χ4v) is 2.62. The molecule has 2 N–H and O–H groups in total. The number of thioether (sulfide) groups is 1. The van der Waals surface area contributed by atoms with E-state index in [1.807, 2.05) is 24.5 Å². The molecule has 110 valence electrons.